The van der Waals surface area contributed by atoms with Gasteiger partial charge in [-0.3, -0.25) is 4.57 Å². The number of aliphatic hydroxyl groups is 3. The van der Waals surface area contributed by atoms with Gasteiger partial charge in [0.25, 0.3) is 0 Å². The van der Waals surface area contributed by atoms with Crippen molar-refractivity contribution in [2.45, 2.75) is 56.5 Å². The van der Waals surface area contributed by atoms with E-state index in [1.165, 1.54) is 0 Å². The van der Waals surface area contributed by atoms with Crippen LogP contribution in [0.15, 0.2) is 48.8 Å². The Hall–Kier alpha value is -4.05. The lowest BCUT2D eigenvalue weighted by Gasteiger charge is -2.38. The fourth-order valence-electron chi connectivity index (χ4n) is 6.14. The number of ether oxygens (including phenoxy) is 4. The van der Waals surface area contributed by atoms with E-state index < -0.39 is 36.7 Å². The van der Waals surface area contributed by atoms with Gasteiger partial charge in [-0.15, -0.1) is 0 Å². The Morgan fingerprint density at radius 3 is 2.59 bits per heavy atom. The van der Waals surface area contributed by atoms with Crippen LogP contribution in [-0.2, 0) is 14.3 Å². The van der Waals surface area contributed by atoms with E-state index in [4.69, 9.17) is 29.7 Å². The zero-order chi connectivity index (χ0) is 32.2. The van der Waals surface area contributed by atoms with Crippen LogP contribution in [0.5, 0.6) is 11.5 Å². The summed E-state index contributed by atoms with van der Waals surface area (Å²) in [5.74, 6) is -0.143. The number of anilines is 1. The number of hydrogen-bond donors (Lipinski definition) is 5. The van der Waals surface area contributed by atoms with Gasteiger partial charge in [0.05, 0.1) is 42.1 Å². The average molecular weight is 636 g/mol. The largest absolute Gasteiger partial charge is 0.493 e. The molecule has 0 saturated carbocycles. The second-order valence-corrected chi connectivity index (χ2v) is 12.7. The van der Waals surface area contributed by atoms with E-state index in [2.05, 4.69) is 16.8 Å². The quantitative estimate of drug-likeness (QED) is 0.185. The third kappa shape index (κ3) is 5.61. The van der Waals surface area contributed by atoms with Crippen molar-refractivity contribution in [3.63, 3.8) is 0 Å². The highest BCUT2D eigenvalue weighted by Crippen LogP contribution is 2.37. The molecule has 14 nitrogen and oxygen atoms in total. The number of carbonyl (C=O) groups is 1. The molecule has 244 valence electrons. The highest BCUT2D eigenvalue weighted by molar-refractivity contribution is 5.96. The molecule has 6 N–H and O–H groups in total. The third-order valence-electron chi connectivity index (χ3n) is 8.96. The third-order valence-corrected chi connectivity index (χ3v) is 8.96. The first-order valence-corrected chi connectivity index (χ1v) is 15.3. The lowest BCUT2D eigenvalue weighted by atomic mass is 9.90. The van der Waals surface area contributed by atoms with Gasteiger partial charge in [0.2, 0.25) is 6.29 Å². The van der Waals surface area contributed by atoms with E-state index in [1.807, 2.05) is 30.3 Å². The van der Waals surface area contributed by atoms with Crippen LogP contribution in [0.3, 0.4) is 0 Å². The SMILES string of the molecule is CC1(COc2ccc3c(c2)ncn3-c2cc(OC3OC(C(=O)O)C(O)C(O)C3O)c3cccc(N4CCC(N)CC4)c3n2)COC1. The Morgan fingerprint density at radius 2 is 1.87 bits per heavy atom. The number of hydrogen-bond acceptors (Lipinski definition) is 12. The Balaban J connectivity index is 1.29. The van der Waals surface area contributed by atoms with Gasteiger partial charge in [0.15, 0.2) is 6.10 Å². The number of carboxylic acids is 1. The number of piperidine rings is 1. The molecule has 3 aliphatic rings. The minimum absolute atomic E-state index is 0.00883. The number of pyridine rings is 1. The molecule has 3 fully saturated rings. The van der Waals surface area contributed by atoms with Crippen molar-refractivity contribution in [2.24, 2.45) is 11.1 Å². The van der Waals surface area contributed by atoms with Crippen molar-refractivity contribution in [1.82, 2.24) is 14.5 Å². The van der Waals surface area contributed by atoms with Gasteiger partial charge < -0.3 is 50.0 Å². The summed E-state index contributed by atoms with van der Waals surface area (Å²) in [6, 6.07) is 13.0. The number of imidazole rings is 1. The lowest BCUT2D eigenvalue weighted by molar-refractivity contribution is -0.270. The van der Waals surface area contributed by atoms with Crippen LogP contribution in [0.1, 0.15) is 19.8 Å². The van der Waals surface area contributed by atoms with Gasteiger partial charge in [-0.1, -0.05) is 13.0 Å². The summed E-state index contributed by atoms with van der Waals surface area (Å²) in [4.78, 5) is 23.6. The average Bonchev–Trinajstić information content (AvgIpc) is 3.46. The normalized spacial score (nSPS) is 26.6. The number of nitrogens with zero attached hydrogens (tertiary/aromatic N) is 4. The summed E-state index contributed by atoms with van der Waals surface area (Å²) in [6.07, 6.45) is -5.51. The number of fused-ring (bicyclic) bond motifs is 2. The second-order valence-electron chi connectivity index (χ2n) is 12.7. The van der Waals surface area contributed by atoms with Crippen molar-refractivity contribution in [3.8, 4) is 17.3 Å². The predicted molar refractivity (Wildman–Crippen MR) is 165 cm³/mol. The molecule has 2 aromatic heterocycles. The first-order valence-electron chi connectivity index (χ1n) is 15.3. The molecule has 0 spiro atoms. The van der Waals surface area contributed by atoms with Crippen molar-refractivity contribution in [3.05, 3.63) is 48.8 Å². The fourth-order valence-corrected chi connectivity index (χ4v) is 6.14. The number of para-hydroxylation sites is 1. The maximum atomic E-state index is 11.8. The molecular weight excluding hydrogens is 598 g/mol. The van der Waals surface area contributed by atoms with Crippen molar-refractivity contribution in [2.75, 3.05) is 37.8 Å². The first kappa shape index (κ1) is 30.6. The predicted octanol–water partition coefficient (Wildman–Crippen LogP) is 1.19. The van der Waals surface area contributed by atoms with E-state index in [-0.39, 0.29) is 17.2 Å². The Bertz CT molecular complexity index is 1750. The highest BCUT2D eigenvalue weighted by atomic mass is 16.7. The maximum Gasteiger partial charge on any atom is 0.335 e. The van der Waals surface area contributed by atoms with E-state index in [0.717, 1.165) is 37.1 Å². The molecule has 3 aliphatic heterocycles. The van der Waals surface area contributed by atoms with Crippen LogP contribution in [0.4, 0.5) is 5.69 Å². The van der Waals surface area contributed by atoms with Crippen LogP contribution in [0, 0.1) is 5.41 Å². The van der Waals surface area contributed by atoms with Crippen molar-refractivity contribution < 1.29 is 44.2 Å². The molecule has 5 heterocycles. The minimum Gasteiger partial charge on any atom is -0.493 e. The number of aliphatic hydroxyl groups excluding tert-OH is 3. The molecule has 0 aliphatic carbocycles. The molecule has 46 heavy (non-hydrogen) atoms. The number of aromatic nitrogens is 3. The molecule has 3 saturated heterocycles. The molecule has 4 aromatic rings. The summed E-state index contributed by atoms with van der Waals surface area (Å²) in [5.41, 5.74) is 9.06. The summed E-state index contributed by atoms with van der Waals surface area (Å²) < 4.78 is 24.8. The zero-order valence-corrected chi connectivity index (χ0v) is 25.2. The van der Waals surface area contributed by atoms with Crippen LogP contribution in [0.25, 0.3) is 27.8 Å². The lowest BCUT2D eigenvalue weighted by Crippen LogP contribution is -2.61. The molecular formula is C32H37N5O9. The van der Waals surface area contributed by atoms with Crippen LogP contribution >= 0.6 is 0 Å². The monoisotopic (exact) mass is 635 g/mol. The van der Waals surface area contributed by atoms with Crippen LogP contribution in [0.2, 0.25) is 0 Å². The van der Waals surface area contributed by atoms with E-state index in [9.17, 15) is 25.2 Å². The maximum absolute atomic E-state index is 11.8. The summed E-state index contributed by atoms with van der Waals surface area (Å²) in [5, 5.41) is 41.5. The zero-order valence-electron chi connectivity index (χ0n) is 25.2. The van der Waals surface area contributed by atoms with Gasteiger partial charge in [0.1, 0.15) is 42.0 Å². The van der Waals surface area contributed by atoms with Gasteiger partial charge >= 0.3 is 5.97 Å². The van der Waals surface area contributed by atoms with Crippen LogP contribution < -0.4 is 20.1 Å². The van der Waals surface area contributed by atoms with Crippen molar-refractivity contribution in [1.29, 1.82) is 0 Å². The van der Waals surface area contributed by atoms with E-state index >= 15 is 0 Å². The standard InChI is InChI=1S/C32H37N5O9/c1-32(13-43-14-32)15-44-18-5-6-21-20(11-18)34-16-37(21)24-12-23(45-31-28(40)26(38)27(39)29(46-31)30(41)42)19-3-2-4-22(25(19)35-24)36-9-7-17(33)8-10-36/h2-6,11-12,16-17,26-29,31,38-40H,7-10,13-15,33H2,1H3,(H,41,42). The summed E-state index contributed by atoms with van der Waals surface area (Å²) >= 11 is 0. The van der Waals surface area contributed by atoms with Gasteiger partial charge in [-0.05, 0) is 37.1 Å². The number of aliphatic carboxylic acids is 1. The molecule has 0 radical (unpaired) electrons. The first-order chi connectivity index (χ1) is 22.1. The smallest absolute Gasteiger partial charge is 0.335 e. The molecule has 5 atom stereocenters. The Labute approximate surface area is 263 Å². The molecule has 0 bridgehead atoms. The van der Waals surface area contributed by atoms with Gasteiger partial charge in [-0.25, -0.2) is 14.8 Å². The number of nitrogens with two attached hydrogens (primary N) is 1. The molecule has 5 unspecified atom stereocenters. The van der Waals surface area contributed by atoms with E-state index in [0.29, 0.717) is 47.8 Å². The summed E-state index contributed by atoms with van der Waals surface area (Å²) in [6.45, 7) is 5.43. The molecule has 2 aromatic carbocycles. The Morgan fingerprint density at radius 1 is 1.09 bits per heavy atom. The van der Waals surface area contributed by atoms with Crippen molar-refractivity contribution >= 4 is 33.6 Å². The van der Waals surface area contributed by atoms with E-state index in [1.54, 1.807) is 23.0 Å². The van der Waals surface area contributed by atoms with Crippen LogP contribution in [-0.4, -0.2) is 111 Å². The topological polar surface area (TPSA) is 195 Å². The highest BCUT2D eigenvalue weighted by Gasteiger charge is 2.48. The fraction of sp³-hybridized carbons (Fsp3) is 0.469. The number of carboxylic acid groups (broad SMARTS) is 1. The number of rotatable bonds is 8. The van der Waals surface area contributed by atoms with Gasteiger partial charge in [0, 0.05) is 42.1 Å². The second kappa shape index (κ2) is 12.0. The summed E-state index contributed by atoms with van der Waals surface area (Å²) in [7, 11) is 0. The van der Waals surface area contributed by atoms with Gasteiger partial charge in [-0.2, -0.15) is 0 Å². The number of benzene rings is 2. The molecule has 7 rings (SSSR count). The molecule has 0 amide bonds. The minimum atomic E-state index is -1.84. The molecule has 14 heteroatoms. The Kier molecular flexibility index (Phi) is 7.95.